The minimum atomic E-state index is -3.31. The highest BCUT2D eigenvalue weighted by Crippen LogP contribution is 2.14. The van der Waals surface area contributed by atoms with E-state index < -0.39 is 9.84 Å². The summed E-state index contributed by atoms with van der Waals surface area (Å²) in [6, 6.07) is 14.1. The average Bonchev–Trinajstić information content (AvgIpc) is 2.48. The van der Waals surface area contributed by atoms with Gasteiger partial charge < -0.3 is 10.5 Å². The number of ether oxygens (including phenoxy) is 1. The first kappa shape index (κ1) is 15.5. The fraction of sp³-hybridized carbons (Fsp3) is 0.250. The lowest BCUT2D eigenvalue weighted by Crippen LogP contribution is -2.14. The van der Waals surface area contributed by atoms with E-state index in [1.807, 2.05) is 19.1 Å². The lowest BCUT2D eigenvalue weighted by Gasteiger charge is -2.08. The topological polar surface area (TPSA) is 69.4 Å². The van der Waals surface area contributed by atoms with Crippen molar-refractivity contribution in [2.24, 2.45) is 5.73 Å². The third kappa shape index (κ3) is 4.31. The maximum absolute atomic E-state index is 12.1. The van der Waals surface area contributed by atoms with E-state index in [-0.39, 0.29) is 12.4 Å². The third-order valence-corrected chi connectivity index (χ3v) is 4.85. The molecule has 0 aliphatic carbocycles. The monoisotopic (exact) mass is 305 g/mol. The van der Waals surface area contributed by atoms with E-state index >= 15 is 0 Å². The van der Waals surface area contributed by atoms with E-state index in [9.17, 15) is 8.42 Å². The zero-order valence-electron chi connectivity index (χ0n) is 12.0. The highest BCUT2D eigenvalue weighted by molar-refractivity contribution is 7.91. The molecule has 2 N–H and O–H groups in total. The molecule has 2 rings (SSSR count). The number of hydrogen-bond donors (Lipinski definition) is 1. The van der Waals surface area contributed by atoms with Gasteiger partial charge in [-0.25, -0.2) is 8.42 Å². The van der Waals surface area contributed by atoms with Crippen molar-refractivity contribution < 1.29 is 13.2 Å². The van der Waals surface area contributed by atoms with Crippen molar-refractivity contribution in [3.8, 4) is 5.75 Å². The summed E-state index contributed by atoms with van der Waals surface area (Å²) in [6.45, 7) is 2.52. The fourth-order valence-electron chi connectivity index (χ4n) is 1.85. The average molecular weight is 305 g/mol. The molecule has 21 heavy (non-hydrogen) atoms. The van der Waals surface area contributed by atoms with E-state index in [0.29, 0.717) is 17.2 Å². The number of benzene rings is 2. The van der Waals surface area contributed by atoms with Gasteiger partial charge in [0.15, 0.2) is 9.84 Å². The Morgan fingerprint density at radius 1 is 1.00 bits per heavy atom. The van der Waals surface area contributed by atoms with Crippen LogP contribution < -0.4 is 10.5 Å². The second kappa shape index (κ2) is 6.74. The van der Waals surface area contributed by atoms with Crippen LogP contribution in [0.3, 0.4) is 0 Å². The molecule has 2 aromatic rings. The number of sulfone groups is 1. The van der Waals surface area contributed by atoms with Crippen LogP contribution in [-0.4, -0.2) is 20.8 Å². The molecule has 0 heterocycles. The van der Waals surface area contributed by atoms with Crippen LogP contribution in [0.15, 0.2) is 53.4 Å². The van der Waals surface area contributed by atoms with E-state index in [1.165, 1.54) is 0 Å². The zero-order valence-corrected chi connectivity index (χ0v) is 12.8. The molecule has 0 bridgehead atoms. The van der Waals surface area contributed by atoms with E-state index in [4.69, 9.17) is 10.5 Å². The fourth-order valence-corrected chi connectivity index (χ4v) is 2.94. The van der Waals surface area contributed by atoms with Gasteiger partial charge >= 0.3 is 0 Å². The van der Waals surface area contributed by atoms with E-state index in [0.717, 1.165) is 11.1 Å². The quantitative estimate of drug-likeness (QED) is 0.889. The van der Waals surface area contributed by atoms with Crippen molar-refractivity contribution in [2.75, 3.05) is 12.4 Å². The summed E-state index contributed by atoms with van der Waals surface area (Å²) in [7, 11) is -3.31. The SMILES string of the molecule is Cc1ccc(S(=O)(=O)CCOc2ccc(CN)cc2)cc1. The molecule has 112 valence electrons. The van der Waals surface area contributed by atoms with Crippen molar-refractivity contribution >= 4 is 9.84 Å². The Balaban J connectivity index is 1.93. The minimum Gasteiger partial charge on any atom is -0.493 e. The Morgan fingerprint density at radius 2 is 1.62 bits per heavy atom. The molecule has 0 radical (unpaired) electrons. The molecular formula is C16H19NO3S. The summed E-state index contributed by atoms with van der Waals surface area (Å²) in [5.41, 5.74) is 7.55. The van der Waals surface area contributed by atoms with Gasteiger partial charge in [-0.15, -0.1) is 0 Å². The summed E-state index contributed by atoms with van der Waals surface area (Å²) >= 11 is 0. The van der Waals surface area contributed by atoms with Crippen molar-refractivity contribution in [1.29, 1.82) is 0 Å². The van der Waals surface area contributed by atoms with Gasteiger partial charge in [0.1, 0.15) is 12.4 Å². The van der Waals surface area contributed by atoms with Crippen LogP contribution in [0.4, 0.5) is 0 Å². The lowest BCUT2D eigenvalue weighted by atomic mass is 10.2. The maximum atomic E-state index is 12.1. The first-order valence-corrected chi connectivity index (χ1v) is 8.38. The molecule has 2 aromatic carbocycles. The number of aryl methyl sites for hydroxylation is 1. The van der Waals surface area contributed by atoms with Gasteiger partial charge in [-0.3, -0.25) is 0 Å². The predicted octanol–water partition coefficient (Wildman–Crippen LogP) is 2.31. The summed E-state index contributed by atoms with van der Waals surface area (Å²) in [5, 5.41) is 0. The first-order chi connectivity index (χ1) is 10.0. The zero-order chi connectivity index (χ0) is 15.3. The molecule has 0 spiro atoms. The van der Waals surface area contributed by atoms with Gasteiger partial charge in [-0.2, -0.15) is 0 Å². The molecule has 0 aromatic heterocycles. The summed E-state index contributed by atoms with van der Waals surface area (Å²) < 4.78 is 29.7. The maximum Gasteiger partial charge on any atom is 0.181 e. The molecule has 0 unspecified atom stereocenters. The van der Waals surface area contributed by atoms with Crippen LogP contribution in [0.25, 0.3) is 0 Å². The highest BCUT2D eigenvalue weighted by Gasteiger charge is 2.14. The standard InChI is InChI=1S/C16H19NO3S/c1-13-2-8-16(9-3-13)21(18,19)11-10-20-15-6-4-14(12-17)5-7-15/h2-9H,10-12,17H2,1H3. The van der Waals surface area contributed by atoms with Crippen molar-refractivity contribution in [3.05, 3.63) is 59.7 Å². The van der Waals surface area contributed by atoms with Crippen molar-refractivity contribution in [3.63, 3.8) is 0 Å². The summed E-state index contributed by atoms with van der Waals surface area (Å²) in [6.07, 6.45) is 0. The molecule has 0 saturated carbocycles. The van der Waals surface area contributed by atoms with Crippen LogP contribution in [0.2, 0.25) is 0 Å². The van der Waals surface area contributed by atoms with Gasteiger partial charge in [-0.05, 0) is 36.8 Å². The van der Waals surface area contributed by atoms with Crippen LogP contribution in [0.1, 0.15) is 11.1 Å². The Morgan fingerprint density at radius 3 is 2.19 bits per heavy atom. The van der Waals surface area contributed by atoms with Gasteiger partial charge in [0.25, 0.3) is 0 Å². The molecule has 5 heteroatoms. The van der Waals surface area contributed by atoms with E-state index in [2.05, 4.69) is 0 Å². The van der Waals surface area contributed by atoms with Crippen molar-refractivity contribution in [2.45, 2.75) is 18.4 Å². The molecule has 4 nitrogen and oxygen atoms in total. The van der Waals surface area contributed by atoms with Gasteiger partial charge in [0.2, 0.25) is 0 Å². The number of rotatable bonds is 6. The Kier molecular flexibility index (Phi) is 4.98. The largest absolute Gasteiger partial charge is 0.493 e. The molecule has 0 atom stereocenters. The lowest BCUT2D eigenvalue weighted by molar-refractivity contribution is 0.341. The number of hydrogen-bond acceptors (Lipinski definition) is 4. The van der Waals surface area contributed by atoms with Gasteiger partial charge in [0.05, 0.1) is 10.6 Å². The molecule has 0 aliphatic heterocycles. The Bertz CT molecular complexity index is 676. The third-order valence-electron chi connectivity index (χ3n) is 3.16. The second-order valence-electron chi connectivity index (χ2n) is 4.83. The van der Waals surface area contributed by atoms with E-state index in [1.54, 1.807) is 36.4 Å². The minimum absolute atomic E-state index is 0.0469. The molecular weight excluding hydrogens is 286 g/mol. The predicted molar refractivity (Wildman–Crippen MR) is 83.1 cm³/mol. The Labute approximate surface area is 125 Å². The van der Waals surface area contributed by atoms with Crippen LogP contribution in [0.5, 0.6) is 5.75 Å². The second-order valence-corrected chi connectivity index (χ2v) is 6.94. The highest BCUT2D eigenvalue weighted by atomic mass is 32.2. The Hall–Kier alpha value is -1.85. The molecule has 0 amide bonds. The molecule has 0 saturated heterocycles. The molecule has 0 fully saturated rings. The normalized spacial score (nSPS) is 11.3. The van der Waals surface area contributed by atoms with Gasteiger partial charge in [-0.1, -0.05) is 29.8 Å². The van der Waals surface area contributed by atoms with Crippen molar-refractivity contribution in [1.82, 2.24) is 0 Å². The van der Waals surface area contributed by atoms with Crippen LogP contribution >= 0.6 is 0 Å². The smallest absolute Gasteiger partial charge is 0.181 e. The first-order valence-electron chi connectivity index (χ1n) is 6.72. The number of nitrogens with two attached hydrogens (primary N) is 1. The van der Waals surface area contributed by atoms with Crippen LogP contribution in [-0.2, 0) is 16.4 Å². The van der Waals surface area contributed by atoms with Gasteiger partial charge in [0, 0.05) is 6.54 Å². The summed E-state index contributed by atoms with van der Waals surface area (Å²) in [5.74, 6) is 0.598. The summed E-state index contributed by atoms with van der Waals surface area (Å²) in [4.78, 5) is 0.329. The van der Waals surface area contributed by atoms with Crippen LogP contribution in [0, 0.1) is 6.92 Å². The molecule has 0 aliphatic rings.